The summed E-state index contributed by atoms with van der Waals surface area (Å²) in [5.41, 5.74) is 6.69. The number of aromatic nitrogens is 3. The van der Waals surface area contributed by atoms with E-state index in [2.05, 4.69) is 18.7 Å². The fourth-order valence-electron chi connectivity index (χ4n) is 2.10. The highest BCUT2D eigenvalue weighted by atomic mass is 31.3. The van der Waals surface area contributed by atoms with Crippen molar-refractivity contribution in [3.05, 3.63) is 24.2 Å². The van der Waals surface area contributed by atoms with Gasteiger partial charge in [-0.25, -0.2) is 22.9 Å². The summed E-state index contributed by atoms with van der Waals surface area (Å²) < 4.78 is 47.5. The van der Waals surface area contributed by atoms with Crippen LogP contribution < -0.4 is 5.73 Å². The van der Waals surface area contributed by atoms with Crippen LogP contribution >= 0.6 is 23.2 Å². The molecule has 0 aromatic carbocycles. The van der Waals surface area contributed by atoms with Gasteiger partial charge < -0.3 is 35.2 Å². The van der Waals surface area contributed by atoms with Crippen molar-refractivity contribution in [1.29, 1.82) is 0 Å². The van der Waals surface area contributed by atoms with Gasteiger partial charge in [0.15, 0.2) is 5.82 Å². The topological polar surface area (TPSA) is 236 Å². The number of fused-ring (bicyclic) bond motifs is 1. The zero-order valence-electron chi connectivity index (χ0n) is 13.9. The Labute approximate surface area is 157 Å². The Morgan fingerprint density at radius 3 is 2.43 bits per heavy atom. The number of anilines is 1. The van der Waals surface area contributed by atoms with E-state index in [0.29, 0.717) is 11.2 Å². The van der Waals surface area contributed by atoms with E-state index in [1.54, 1.807) is 12.1 Å². The van der Waals surface area contributed by atoms with Crippen LogP contribution in [-0.4, -0.2) is 58.3 Å². The van der Waals surface area contributed by atoms with Gasteiger partial charge in [-0.05, 0) is 12.1 Å². The lowest BCUT2D eigenvalue weighted by molar-refractivity contribution is 0.0299. The van der Waals surface area contributed by atoms with Gasteiger partial charge in [-0.2, -0.15) is 9.41 Å². The molecule has 7 N–H and O–H groups in total. The van der Waals surface area contributed by atoms with Crippen LogP contribution in [0.5, 0.6) is 0 Å². The SMILES string of the molecule is Nc1ncnn2c(CC(CO)OCP(=O)(O)OP(=O)(O)OP(=O)(O)O)ccc12. The van der Waals surface area contributed by atoms with Crippen molar-refractivity contribution >= 4 is 34.6 Å². The molecule has 0 bridgehead atoms. The second-order valence-corrected chi connectivity index (χ2v) is 10.1. The number of nitrogens with two attached hydrogens (primary N) is 1. The molecule has 0 amide bonds. The van der Waals surface area contributed by atoms with Crippen LogP contribution in [0.25, 0.3) is 5.52 Å². The molecule has 0 aliphatic carbocycles. The molecule has 158 valence electrons. The number of hydrogen-bond acceptors (Lipinski definition) is 10. The van der Waals surface area contributed by atoms with E-state index < -0.39 is 42.3 Å². The second kappa shape index (κ2) is 8.66. The fourth-order valence-corrected chi connectivity index (χ4v) is 5.45. The summed E-state index contributed by atoms with van der Waals surface area (Å²) in [5, 5.41) is 13.4. The fraction of sp³-hybridized carbons (Fsp3) is 0.400. The maximum absolute atomic E-state index is 11.8. The van der Waals surface area contributed by atoms with Crippen LogP contribution in [0.1, 0.15) is 5.69 Å². The molecule has 0 fully saturated rings. The Bertz CT molecular complexity index is 975. The van der Waals surface area contributed by atoms with E-state index in [0.717, 1.165) is 0 Å². The lowest BCUT2D eigenvalue weighted by atomic mass is 10.2. The van der Waals surface area contributed by atoms with Crippen molar-refractivity contribution in [3.8, 4) is 0 Å². The quantitative estimate of drug-likeness (QED) is 0.247. The molecule has 2 aromatic heterocycles. The molecule has 2 rings (SSSR count). The van der Waals surface area contributed by atoms with Crippen LogP contribution in [-0.2, 0) is 33.5 Å². The van der Waals surface area contributed by atoms with Gasteiger partial charge in [0.05, 0.1) is 12.7 Å². The van der Waals surface area contributed by atoms with E-state index in [9.17, 15) is 23.7 Å². The number of hydrogen-bond donors (Lipinski definition) is 6. The van der Waals surface area contributed by atoms with Crippen LogP contribution in [0.15, 0.2) is 18.5 Å². The molecule has 2 aromatic rings. The van der Waals surface area contributed by atoms with Gasteiger partial charge in [-0.3, -0.25) is 4.57 Å². The monoisotopic (exact) mass is 462 g/mol. The first-order valence-electron chi connectivity index (χ1n) is 7.24. The lowest BCUT2D eigenvalue weighted by Gasteiger charge is -2.19. The van der Waals surface area contributed by atoms with Crippen LogP contribution in [0.4, 0.5) is 5.82 Å². The third-order valence-corrected chi connectivity index (χ3v) is 7.11. The third-order valence-electron chi connectivity index (χ3n) is 3.11. The minimum absolute atomic E-state index is 0.00309. The molecule has 28 heavy (non-hydrogen) atoms. The van der Waals surface area contributed by atoms with Gasteiger partial charge in [0.25, 0.3) is 0 Å². The Morgan fingerprint density at radius 2 is 1.82 bits per heavy atom. The lowest BCUT2D eigenvalue weighted by Crippen LogP contribution is -2.22. The average Bonchev–Trinajstić information content (AvgIpc) is 2.92. The van der Waals surface area contributed by atoms with Gasteiger partial charge in [0.2, 0.25) is 0 Å². The maximum atomic E-state index is 11.8. The second-order valence-electron chi connectivity index (χ2n) is 5.33. The van der Waals surface area contributed by atoms with E-state index in [-0.39, 0.29) is 12.2 Å². The Hall–Kier alpha value is -1.21. The predicted molar refractivity (Wildman–Crippen MR) is 91.8 cm³/mol. The van der Waals surface area contributed by atoms with E-state index in [4.69, 9.17) is 25.2 Å². The third kappa shape index (κ3) is 6.69. The number of nitrogen functional groups attached to an aromatic ring is 1. The zero-order valence-corrected chi connectivity index (χ0v) is 16.6. The van der Waals surface area contributed by atoms with Crippen molar-refractivity contribution < 1.29 is 51.7 Å². The van der Waals surface area contributed by atoms with Gasteiger partial charge in [0, 0.05) is 12.1 Å². The minimum Gasteiger partial charge on any atom is -0.394 e. The summed E-state index contributed by atoms with van der Waals surface area (Å²) in [6.45, 7) is -0.608. The van der Waals surface area contributed by atoms with Crippen molar-refractivity contribution in [2.45, 2.75) is 12.5 Å². The highest BCUT2D eigenvalue weighted by Crippen LogP contribution is 2.65. The maximum Gasteiger partial charge on any atom is 0.488 e. The number of rotatable bonds is 10. The summed E-state index contributed by atoms with van der Waals surface area (Å²) in [6, 6.07) is 3.22. The molecule has 0 saturated heterocycles. The normalized spacial score (nSPS) is 17.9. The molecular weight excluding hydrogens is 445 g/mol. The molecule has 3 atom stereocenters. The van der Waals surface area contributed by atoms with Crippen LogP contribution in [0.3, 0.4) is 0 Å². The molecule has 3 unspecified atom stereocenters. The highest BCUT2D eigenvalue weighted by molar-refractivity contribution is 7.68. The first kappa shape index (κ1) is 23.1. The summed E-state index contributed by atoms with van der Waals surface area (Å²) in [4.78, 5) is 39.4. The largest absolute Gasteiger partial charge is 0.488 e. The summed E-state index contributed by atoms with van der Waals surface area (Å²) >= 11 is 0. The number of nitrogens with zero attached hydrogens (tertiary/aromatic N) is 3. The number of ether oxygens (including phenoxy) is 1. The molecule has 2 heterocycles. The number of aliphatic hydroxyl groups excluding tert-OH is 1. The first-order valence-corrected chi connectivity index (χ1v) is 12.0. The van der Waals surface area contributed by atoms with Gasteiger partial charge in [-0.1, -0.05) is 0 Å². The van der Waals surface area contributed by atoms with Crippen LogP contribution in [0.2, 0.25) is 0 Å². The van der Waals surface area contributed by atoms with E-state index in [1.807, 2.05) is 0 Å². The molecule has 0 spiro atoms. The molecular formula is C10H17N4O11P3. The summed E-state index contributed by atoms with van der Waals surface area (Å²) in [7, 11) is -16.0. The van der Waals surface area contributed by atoms with Crippen molar-refractivity contribution in [1.82, 2.24) is 14.6 Å². The molecule has 0 radical (unpaired) electrons. The molecule has 15 nitrogen and oxygen atoms in total. The highest BCUT2D eigenvalue weighted by Gasteiger charge is 2.40. The predicted octanol–water partition coefficient (Wildman–Crippen LogP) is -0.399. The van der Waals surface area contributed by atoms with Crippen molar-refractivity contribution in [3.63, 3.8) is 0 Å². The average molecular weight is 462 g/mol. The van der Waals surface area contributed by atoms with Gasteiger partial charge in [-0.15, -0.1) is 0 Å². The Morgan fingerprint density at radius 1 is 1.14 bits per heavy atom. The Balaban J connectivity index is 2.02. The molecule has 0 aliphatic heterocycles. The standard InChI is InChI=1S/C10H17N4O11P3/c11-10-9-2-1-7(14(9)13-5-12-10)3-8(4-15)23-6-26(16,17)24-28(21,22)25-27(18,19)20/h1-2,5,8,15H,3-4,6H2,(H,16,17)(H,21,22)(H2,11,12,13)(H2,18,19,20). The van der Waals surface area contributed by atoms with Crippen molar-refractivity contribution in [2.75, 3.05) is 18.7 Å². The van der Waals surface area contributed by atoms with Gasteiger partial charge >= 0.3 is 23.2 Å². The van der Waals surface area contributed by atoms with E-state index >= 15 is 0 Å². The van der Waals surface area contributed by atoms with Crippen molar-refractivity contribution in [2.24, 2.45) is 0 Å². The van der Waals surface area contributed by atoms with Crippen LogP contribution in [0, 0.1) is 0 Å². The van der Waals surface area contributed by atoms with E-state index in [1.165, 1.54) is 10.8 Å². The molecule has 0 saturated carbocycles. The molecule has 0 aliphatic rings. The summed E-state index contributed by atoms with van der Waals surface area (Å²) in [5.74, 6) is 0.208. The van der Waals surface area contributed by atoms with Gasteiger partial charge in [0.1, 0.15) is 18.2 Å². The minimum atomic E-state index is -5.55. The Kier molecular flexibility index (Phi) is 7.13. The smallest absolute Gasteiger partial charge is 0.394 e. The number of phosphoric acid groups is 2. The molecule has 18 heteroatoms. The summed E-state index contributed by atoms with van der Waals surface area (Å²) in [6.07, 6.45) is -1.03. The number of aliphatic hydroxyl groups is 1. The zero-order chi connectivity index (χ0) is 21.2. The first-order chi connectivity index (χ1) is 12.8.